The van der Waals surface area contributed by atoms with Crippen LogP contribution in [0, 0.1) is 0 Å². The third kappa shape index (κ3) is 6.18. The number of urea groups is 1. The minimum absolute atomic E-state index is 0.0368. The molecular formula is C30H30F3N5O4. The maximum absolute atomic E-state index is 13.9. The topological polar surface area (TPSA) is 96.4 Å². The van der Waals surface area contributed by atoms with Crippen molar-refractivity contribution < 1.29 is 32.7 Å². The number of rotatable bonds is 6. The number of benzene rings is 3. The Balaban J connectivity index is 1.47. The van der Waals surface area contributed by atoms with Gasteiger partial charge in [0.25, 0.3) is 0 Å². The fraction of sp³-hybridized carbons (Fsp3) is 0.300. The Hall–Kier alpha value is -4.58. The summed E-state index contributed by atoms with van der Waals surface area (Å²) in [7, 11) is 1.60. The van der Waals surface area contributed by atoms with Gasteiger partial charge in [0.15, 0.2) is 0 Å². The van der Waals surface area contributed by atoms with Crippen molar-refractivity contribution in [2.75, 3.05) is 20.1 Å². The van der Waals surface area contributed by atoms with Crippen LogP contribution in [-0.2, 0) is 35.3 Å². The number of nitrogens with one attached hydrogen (secondary N) is 1. The summed E-state index contributed by atoms with van der Waals surface area (Å²) in [4.78, 5) is 43.6. The zero-order valence-electron chi connectivity index (χ0n) is 22.8. The molecule has 2 aliphatic heterocycles. The van der Waals surface area contributed by atoms with Crippen molar-refractivity contribution in [2.45, 2.75) is 37.9 Å². The van der Waals surface area contributed by atoms with Crippen LogP contribution in [0.1, 0.15) is 22.3 Å². The molecule has 0 aromatic heterocycles. The number of phenolic OH excluding ortho intramolecular Hbond substituents is 1. The summed E-state index contributed by atoms with van der Waals surface area (Å²) in [5.41, 5.74) is 0.970. The molecule has 220 valence electrons. The third-order valence-electron chi connectivity index (χ3n) is 7.43. The van der Waals surface area contributed by atoms with Gasteiger partial charge in [-0.2, -0.15) is 13.2 Å². The predicted molar refractivity (Wildman–Crippen MR) is 146 cm³/mol. The van der Waals surface area contributed by atoms with Crippen LogP contribution in [0.25, 0.3) is 0 Å². The van der Waals surface area contributed by atoms with E-state index in [4.69, 9.17) is 0 Å². The number of likely N-dealkylation sites (N-methyl/N-ethyl adjacent to an activating group) is 1. The van der Waals surface area contributed by atoms with E-state index in [1.54, 1.807) is 19.2 Å². The molecule has 42 heavy (non-hydrogen) atoms. The molecule has 2 heterocycles. The molecule has 0 radical (unpaired) electrons. The predicted octanol–water partition coefficient (Wildman–Crippen LogP) is 3.59. The highest BCUT2D eigenvalue weighted by Crippen LogP contribution is 2.32. The minimum atomic E-state index is -4.55. The van der Waals surface area contributed by atoms with Crippen molar-refractivity contribution in [2.24, 2.45) is 0 Å². The number of hydrazine groups is 1. The van der Waals surface area contributed by atoms with Crippen molar-refractivity contribution in [3.05, 3.63) is 101 Å². The summed E-state index contributed by atoms with van der Waals surface area (Å²) in [5.74, 6) is -0.764. The molecule has 3 aromatic rings. The van der Waals surface area contributed by atoms with E-state index >= 15 is 0 Å². The molecule has 3 aromatic carbocycles. The SMILES string of the molecule is CN1CC(=O)N2C(CN(Cc3cccc(C(F)(F)F)c3)C(=O)[C@@H]2Cc2ccc(O)cc2)N1C(=O)NCc1ccccc1. The van der Waals surface area contributed by atoms with Gasteiger partial charge in [-0.3, -0.25) is 9.59 Å². The van der Waals surface area contributed by atoms with E-state index in [0.29, 0.717) is 5.56 Å². The van der Waals surface area contributed by atoms with Crippen LogP contribution < -0.4 is 5.32 Å². The summed E-state index contributed by atoms with van der Waals surface area (Å²) < 4.78 is 40.2. The quantitative estimate of drug-likeness (QED) is 0.464. The van der Waals surface area contributed by atoms with Crippen LogP contribution in [0.2, 0.25) is 0 Å². The first-order valence-corrected chi connectivity index (χ1v) is 13.4. The Bertz CT molecular complexity index is 1450. The number of carbonyl (C=O) groups excluding carboxylic acids is 3. The molecule has 0 spiro atoms. The fourth-order valence-electron chi connectivity index (χ4n) is 5.42. The van der Waals surface area contributed by atoms with Crippen LogP contribution in [0.4, 0.5) is 18.0 Å². The first-order chi connectivity index (χ1) is 20.0. The van der Waals surface area contributed by atoms with Crippen LogP contribution >= 0.6 is 0 Å². The van der Waals surface area contributed by atoms with Gasteiger partial charge in [-0.1, -0.05) is 54.6 Å². The second kappa shape index (κ2) is 11.7. The van der Waals surface area contributed by atoms with Gasteiger partial charge in [-0.15, -0.1) is 0 Å². The smallest absolute Gasteiger partial charge is 0.416 e. The lowest BCUT2D eigenvalue weighted by molar-refractivity contribution is -0.187. The molecule has 0 bridgehead atoms. The Morgan fingerprint density at radius 2 is 1.64 bits per heavy atom. The van der Waals surface area contributed by atoms with Crippen molar-refractivity contribution in [1.29, 1.82) is 0 Å². The highest BCUT2D eigenvalue weighted by molar-refractivity contribution is 5.91. The molecule has 1 unspecified atom stereocenters. The zero-order chi connectivity index (χ0) is 30.0. The summed E-state index contributed by atoms with van der Waals surface area (Å²) >= 11 is 0. The van der Waals surface area contributed by atoms with Gasteiger partial charge in [0, 0.05) is 26.6 Å². The van der Waals surface area contributed by atoms with E-state index in [2.05, 4.69) is 5.32 Å². The molecular weight excluding hydrogens is 551 g/mol. The normalized spacial score (nSPS) is 19.6. The van der Waals surface area contributed by atoms with E-state index in [1.165, 1.54) is 44.1 Å². The lowest BCUT2D eigenvalue weighted by Crippen LogP contribution is -2.76. The fourth-order valence-corrected chi connectivity index (χ4v) is 5.42. The lowest BCUT2D eigenvalue weighted by atomic mass is 9.98. The number of aromatic hydroxyl groups is 1. The van der Waals surface area contributed by atoms with Crippen molar-refractivity contribution in [1.82, 2.24) is 25.1 Å². The van der Waals surface area contributed by atoms with Gasteiger partial charge in [-0.05, 0) is 41.0 Å². The zero-order valence-corrected chi connectivity index (χ0v) is 22.8. The Kier molecular flexibility index (Phi) is 8.08. The van der Waals surface area contributed by atoms with Gasteiger partial charge >= 0.3 is 12.2 Å². The number of alkyl halides is 3. The standard InChI is InChI=1S/C30H30F3N5O4/c1-35-19-27(40)37-25(15-20-10-12-24(39)13-11-20)28(41)36(17-22-8-5-9-23(14-22)30(31,32)33)18-26(37)38(35)29(42)34-16-21-6-3-2-4-7-21/h2-14,25-26,39H,15-19H2,1H3,(H,34,42)/t25-,26?/m0/s1. The van der Waals surface area contributed by atoms with Crippen LogP contribution in [-0.4, -0.2) is 75.1 Å². The van der Waals surface area contributed by atoms with Gasteiger partial charge in [0.2, 0.25) is 11.8 Å². The average molecular weight is 582 g/mol. The Morgan fingerprint density at radius 1 is 0.952 bits per heavy atom. The van der Waals surface area contributed by atoms with E-state index in [9.17, 15) is 32.7 Å². The second-order valence-corrected chi connectivity index (χ2v) is 10.4. The molecule has 5 rings (SSSR count). The monoisotopic (exact) mass is 581 g/mol. The molecule has 2 saturated heterocycles. The van der Waals surface area contributed by atoms with E-state index in [-0.39, 0.29) is 49.8 Å². The molecule has 12 heteroatoms. The largest absolute Gasteiger partial charge is 0.508 e. The summed E-state index contributed by atoms with van der Waals surface area (Å²) in [5, 5.41) is 15.5. The highest BCUT2D eigenvalue weighted by atomic mass is 19.4. The molecule has 2 atom stereocenters. The van der Waals surface area contributed by atoms with Crippen molar-refractivity contribution in [3.8, 4) is 5.75 Å². The molecule has 0 aliphatic carbocycles. The van der Waals surface area contributed by atoms with Gasteiger partial charge in [0.05, 0.1) is 18.7 Å². The first-order valence-electron chi connectivity index (χ1n) is 13.4. The van der Waals surface area contributed by atoms with E-state index in [1.807, 2.05) is 30.3 Å². The maximum Gasteiger partial charge on any atom is 0.416 e. The number of amides is 4. The minimum Gasteiger partial charge on any atom is -0.508 e. The Labute approximate surface area is 240 Å². The number of fused-ring (bicyclic) bond motifs is 1. The molecule has 4 amide bonds. The molecule has 0 saturated carbocycles. The number of nitrogens with zero attached hydrogens (tertiary/aromatic N) is 4. The lowest BCUT2D eigenvalue weighted by Gasteiger charge is -2.54. The van der Waals surface area contributed by atoms with Crippen LogP contribution in [0.15, 0.2) is 78.9 Å². The number of piperazine rings is 1. The molecule has 9 nitrogen and oxygen atoms in total. The van der Waals surface area contributed by atoms with Crippen LogP contribution in [0.3, 0.4) is 0 Å². The summed E-state index contributed by atoms with van der Waals surface area (Å²) in [6.07, 6.45) is -5.37. The summed E-state index contributed by atoms with van der Waals surface area (Å²) in [6.45, 7) is -0.163. The highest BCUT2D eigenvalue weighted by Gasteiger charge is 2.50. The van der Waals surface area contributed by atoms with Crippen molar-refractivity contribution >= 4 is 17.8 Å². The van der Waals surface area contributed by atoms with Gasteiger partial charge in [-0.25, -0.2) is 14.8 Å². The number of carbonyl (C=O) groups is 3. The number of hydrogen-bond acceptors (Lipinski definition) is 5. The van der Waals surface area contributed by atoms with E-state index in [0.717, 1.165) is 17.7 Å². The van der Waals surface area contributed by atoms with E-state index < -0.39 is 35.9 Å². The maximum atomic E-state index is 13.9. The average Bonchev–Trinajstić information content (AvgIpc) is 2.95. The van der Waals surface area contributed by atoms with Crippen molar-refractivity contribution in [3.63, 3.8) is 0 Å². The third-order valence-corrected chi connectivity index (χ3v) is 7.43. The first kappa shape index (κ1) is 28.9. The summed E-state index contributed by atoms with van der Waals surface area (Å²) in [6, 6.07) is 18.7. The molecule has 2 aliphatic rings. The second-order valence-electron chi connectivity index (χ2n) is 10.4. The van der Waals surface area contributed by atoms with Gasteiger partial charge < -0.3 is 20.2 Å². The number of phenols is 1. The number of hydrogen-bond donors (Lipinski definition) is 2. The Morgan fingerprint density at radius 3 is 2.33 bits per heavy atom. The number of halogens is 3. The molecule has 2 fully saturated rings. The molecule has 2 N–H and O–H groups in total. The van der Waals surface area contributed by atoms with Gasteiger partial charge in [0.1, 0.15) is 18.0 Å². The van der Waals surface area contributed by atoms with Crippen LogP contribution in [0.5, 0.6) is 5.75 Å².